The Morgan fingerprint density at radius 2 is 2.06 bits per heavy atom. The molecule has 0 amide bonds. The highest BCUT2D eigenvalue weighted by atomic mass is 79.9. The minimum atomic E-state index is -0.0252. The van der Waals surface area contributed by atoms with Gasteiger partial charge in [0.25, 0.3) is 0 Å². The molecule has 1 fully saturated rings. The molecule has 3 atom stereocenters. The molecule has 1 nitrogen and oxygen atoms in total. The summed E-state index contributed by atoms with van der Waals surface area (Å²) in [5, 5.41) is 0. The summed E-state index contributed by atoms with van der Waals surface area (Å²) in [6.07, 6.45) is 2.49. The van der Waals surface area contributed by atoms with Crippen LogP contribution in [0.15, 0.2) is 16.6 Å². The van der Waals surface area contributed by atoms with Crippen molar-refractivity contribution >= 4 is 15.9 Å². The van der Waals surface area contributed by atoms with Crippen molar-refractivity contribution in [3.63, 3.8) is 0 Å². The van der Waals surface area contributed by atoms with Gasteiger partial charge in [-0.05, 0) is 50.3 Å². The highest BCUT2D eigenvalue weighted by molar-refractivity contribution is 9.10. The van der Waals surface area contributed by atoms with Gasteiger partial charge in [-0.25, -0.2) is 0 Å². The van der Waals surface area contributed by atoms with Gasteiger partial charge < -0.3 is 4.74 Å². The first-order valence-corrected chi connectivity index (χ1v) is 7.17. The Morgan fingerprint density at radius 3 is 2.76 bits per heavy atom. The molecule has 0 bridgehead atoms. The van der Waals surface area contributed by atoms with E-state index in [0.717, 1.165) is 5.75 Å². The lowest BCUT2D eigenvalue weighted by atomic mass is 9.71. The molecule has 17 heavy (non-hydrogen) atoms. The first-order chi connectivity index (χ1) is 7.88. The standard InChI is InChI=1S/C15H19BrO/c1-9-7-13-11(8-12(9)16)14(3)6-5-10(2)15(14,4)17-13/h7-8,10H,5-6H2,1-4H3/t10-,14-,15-/m1/s1. The highest BCUT2D eigenvalue weighted by Gasteiger charge is 2.60. The zero-order valence-electron chi connectivity index (χ0n) is 10.9. The normalized spacial score (nSPS) is 38.8. The SMILES string of the molecule is Cc1cc2c(cc1Br)[C@@]1(C)CC[C@@H](C)[C@@]1(C)O2. The number of fused-ring (bicyclic) bond motifs is 3. The number of aryl methyl sites for hydroxylation is 1. The van der Waals surface area contributed by atoms with Crippen molar-refractivity contribution in [2.24, 2.45) is 5.92 Å². The van der Waals surface area contributed by atoms with Gasteiger partial charge in [0.1, 0.15) is 11.4 Å². The predicted molar refractivity (Wildman–Crippen MR) is 73.7 cm³/mol. The quantitative estimate of drug-likeness (QED) is 0.680. The van der Waals surface area contributed by atoms with Crippen LogP contribution in [0.25, 0.3) is 0 Å². The molecule has 2 aliphatic rings. The van der Waals surface area contributed by atoms with Crippen LogP contribution < -0.4 is 4.74 Å². The summed E-state index contributed by atoms with van der Waals surface area (Å²) >= 11 is 3.65. The zero-order valence-corrected chi connectivity index (χ0v) is 12.5. The first-order valence-electron chi connectivity index (χ1n) is 6.38. The van der Waals surface area contributed by atoms with E-state index in [2.05, 4.69) is 55.8 Å². The second-order valence-electron chi connectivity index (χ2n) is 6.08. The molecule has 1 heterocycles. The van der Waals surface area contributed by atoms with Crippen LogP contribution in [0.2, 0.25) is 0 Å². The molecule has 1 aromatic carbocycles. The van der Waals surface area contributed by atoms with E-state index in [0.29, 0.717) is 5.92 Å². The first kappa shape index (κ1) is 11.6. The van der Waals surface area contributed by atoms with Gasteiger partial charge in [0.2, 0.25) is 0 Å². The molecule has 0 radical (unpaired) electrons. The fourth-order valence-corrected chi connectivity index (χ4v) is 3.93. The number of ether oxygens (including phenoxy) is 1. The molecule has 0 spiro atoms. The summed E-state index contributed by atoms with van der Waals surface area (Å²) in [5.74, 6) is 1.72. The van der Waals surface area contributed by atoms with Gasteiger partial charge >= 0.3 is 0 Å². The molecule has 3 rings (SSSR count). The lowest BCUT2D eigenvalue weighted by Gasteiger charge is -2.36. The van der Waals surface area contributed by atoms with E-state index in [4.69, 9.17) is 4.74 Å². The summed E-state index contributed by atoms with van der Waals surface area (Å²) in [6.45, 7) is 9.09. The van der Waals surface area contributed by atoms with Crippen LogP contribution >= 0.6 is 15.9 Å². The van der Waals surface area contributed by atoms with E-state index in [9.17, 15) is 0 Å². The monoisotopic (exact) mass is 294 g/mol. The van der Waals surface area contributed by atoms with Crippen LogP contribution in [0, 0.1) is 12.8 Å². The fraction of sp³-hybridized carbons (Fsp3) is 0.600. The minimum Gasteiger partial charge on any atom is -0.486 e. The van der Waals surface area contributed by atoms with Crippen molar-refractivity contribution in [1.82, 2.24) is 0 Å². The fourth-order valence-electron chi connectivity index (χ4n) is 3.59. The van der Waals surface area contributed by atoms with Crippen molar-refractivity contribution in [3.05, 3.63) is 27.7 Å². The Kier molecular flexibility index (Phi) is 2.24. The van der Waals surface area contributed by atoms with Gasteiger partial charge in [0, 0.05) is 15.5 Å². The Labute approximate surface area is 112 Å². The molecule has 1 saturated carbocycles. The van der Waals surface area contributed by atoms with Crippen LogP contribution in [-0.2, 0) is 5.41 Å². The summed E-state index contributed by atoms with van der Waals surface area (Å²) in [4.78, 5) is 0. The van der Waals surface area contributed by atoms with Crippen molar-refractivity contribution in [2.45, 2.75) is 51.6 Å². The summed E-state index contributed by atoms with van der Waals surface area (Å²) in [7, 11) is 0. The van der Waals surface area contributed by atoms with Crippen molar-refractivity contribution in [1.29, 1.82) is 0 Å². The van der Waals surface area contributed by atoms with Gasteiger partial charge in [-0.2, -0.15) is 0 Å². The topological polar surface area (TPSA) is 9.23 Å². The van der Waals surface area contributed by atoms with Crippen LogP contribution in [0.5, 0.6) is 5.75 Å². The minimum absolute atomic E-state index is 0.0252. The van der Waals surface area contributed by atoms with Crippen LogP contribution in [-0.4, -0.2) is 5.60 Å². The third-order valence-corrected chi connectivity index (χ3v) is 6.14. The molecule has 0 N–H and O–H groups in total. The summed E-state index contributed by atoms with van der Waals surface area (Å²) in [5.41, 5.74) is 2.80. The van der Waals surface area contributed by atoms with Crippen LogP contribution in [0.1, 0.15) is 44.7 Å². The average molecular weight is 295 g/mol. The van der Waals surface area contributed by atoms with E-state index in [-0.39, 0.29) is 11.0 Å². The Hall–Kier alpha value is -0.500. The number of halogens is 1. The molecular weight excluding hydrogens is 276 g/mol. The van der Waals surface area contributed by atoms with Gasteiger partial charge in [-0.1, -0.05) is 29.8 Å². The van der Waals surface area contributed by atoms with Crippen LogP contribution in [0.3, 0.4) is 0 Å². The molecule has 1 aliphatic carbocycles. The van der Waals surface area contributed by atoms with Gasteiger partial charge in [0.05, 0.1) is 0 Å². The largest absolute Gasteiger partial charge is 0.486 e. The molecule has 1 aliphatic heterocycles. The van der Waals surface area contributed by atoms with Crippen LogP contribution in [0.4, 0.5) is 0 Å². The maximum atomic E-state index is 6.35. The molecule has 1 aromatic rings. The van der Waals surface area contributed by atoms with Crippen molar-refractivity contribution in [2.75, 3.05) is 0 Å². The number of hydrogen-bond donors (Lipinski definition) is 0. The smallest absolute Gasteiger partial charge is 0.124 e. The second kappa shape index (κ2) is 3.28. The van der Waals surface area contributed by atoms with Crippen molar-refractivity contribution in [3.8, 4) is 5.75 Å². The molecule has 0 unspecified atom stereocenters. The van der Waals surface area contributed by atoms with E-state index in [1.807, 2.05) is 0 Å². The highest BCUT2D eigenvalue weighted by Crippen LogP contribution is 2.60. The van der Waals surface area contributed by atoms with E-state index in [1.165, 1.54) is 28.4 Å². The van der Waals surface area contributed by atoms with Gasteiger partial charge in [-0.15, -0.1) is 0 Å². The summed E-state index contributed by atoms with van der Waals surface area (Å²) < 4.78 is 7.55. The lowest BCUT2D eigenvalue weighted by molar-refractivity contribution is 0.0306. The zero-order chi connectivity index (χ0) is 12.4. The van der Waals surface area contributed by atoms with Gasteiger partial charge in [0.15, 0.2) is 0 Å². The maximum absolute atomic E-state index is 6.35. The number of benzene rings is 1. The Morgan fingerprint density at radius 1 is 1.35 bits per heavy atom. The van der Waals surface area contributed by atoms with Gasteiger partial charge in [-0.3, -0.25) is 0 Å². The van der Waals surface area contributed by atoms with Crippen molar-refractivity contribution < 1.29 is 4.74 Å². The predicted octanol–water partition coefficient (Wildman–Crippen LogP) is 4.60. The maximum Gasteiger partial charge on any atom is 0.124 e. The third-order valence-electron chi connectivity index (χ3n) is 5.29. The Balaban J connectivity index is 2.22. The third kappa shape index (κ3) is 1.25. The Bertz CT molecular complexity index is 496. The number of rotatable bonds is 0. The molecule has 92 valence electrons. The molecule has 2 heteroatoms. The van der Waals surface area contributed by atoms with E-state index < -0.39 is 0 Å². The molecule has 0 saturated heterocycles. The lowest BCUT2D eigenvalue weighted by Crippen LogP contribution is -2.46. The average Bonchev–Trinajstić information content (AvgIpc) is 2.61. The van der Waals surface area contributed by atoms with E-state index >= 15 is 0 Å². The van der Waals surface area contributed by atoms with E-state index in [1.54, 1.807) is 0 Å². The summed E-state index contributed by atoms with van der Waals surface area (Å²) in [6, 6.07) is 4.45. The number of hydrogen-bond acceptors (Lipinski definition) is 1. The second-order valence-corrected chi connectivity index (χ2v) is 6.93. The molecular formula is C15H19BrO. The molecule has 0 aromatic heterocycles.